The fourth-order valence-corrected chi connectivity index (χ4v) is 3.26. The van der Waals surface area contributed by atoms with Crippen molar-refractivity contribution in [2.24, 2.45) is 0 Å². The minimum Gasteiger partial charge on any atom is -0.457 e. The second-order valence-corrected chi connectivity index (χ2v) is 7.03. The third-order valence-electron chi connectivity index (χ3n) is 4.90. The van der Waals surface area contributed by atoms with Crippen molar-refractivity contribution >= 4 is 17.7 Å². The maximum Gasteiger partial charge on any atom is 0.261 e. The number of ether oxygens (including phenoxy) is 1. The van der Waals surface area contributed by atoms with Gasteiger partial charge in [0.25, 0.3) is 11.8 Å². The molecule has 0 aliphatic carbocycles. The van der Waals surface area contributed by atoms with Crippen molar-refractivity contribution < 1.29 is 23.5 Å². The van der Waals surface area contributed by atoms with E-state index in [1.54, 1.807) is 36.4 Å². The van der Waals surface area contributed by atoms with Gasteiger partial charge in [-0.1, -0.05) is 24.3 Å². The number of rotatable bonds is 7. The molecule has 0 spiro atoms. The van der Waals surface area contributed by atoms with Crippen LogP contribution in [-0.2, 0) is 11.3 Å². The Morgan fingerprint density at radius 1 is 0.839 bits per heavy atom. The maximum absolute atomic E-state index is 12.9. The predicted octanol–water partition coefficient (Wildman–Crippen LogP) is 3.92. The Kier molecular flexibility index (Phi) is 5.75. The largest absolute Gasteiger partial charge is 0.457 e. The van der Waals surface area contributed by atoms with E-state index in [9.17, 15) is 18.8 Å². The Labute approximate surface area is 178 Å². The van der Waals surface area contributed by atoms with Crippen molar-refractivity contribution in [3.8, 4) is 11.5 Å². The lowest BCUT2D eigenvalue weighted by Crippen LogP contribution is -2.34. The van der Waals surface area contributed by atoms with Crippen LogP contribution >= 0.6 is 0 Å². The number of nitrogens with one attached hydrogen (secondary N) is 1. The summed E-state index contributed by atoms with van der Waals surface area (Å²) in [6, 6.07) is 19.5. The molecule has 1 aliphatic heterocycles. The van der Waals surface area contributed by atoms with Crippen molar-refractivity contribution in [3.63, 3.8) is 0 Å². The van der Waals surface area contributed by atoms with Crippen molar-refractivity contribution in [3.05, 3.63) is 95.3 Å². The van der Waals surface area contributed by atoms with Crippen LogP contribution in [0.2, 0.25) is 0 Å². The smallest absolute Gasteiger partial charge is 0.261 e. The zero-order valence-electron chi connectivity index (χ0n) is 16.5. The Hall–Kier alpha value is -4.00. The molecule has 3 aromatic rings. The van der Waals surface area contributed by atoms with E-state index in [1.807, 2.05) is 12.1 Å². The first-order valence-corrected chi connectivity index (χ1v) is 9.75. The number of hydrogen-bond donors (Lipinski definition) is 1. The summed E-state index contributed by atoms with van der Waals surface area (Å²) in [6.45, 7) is 0.334. The molecule has 6 nitrogen and oxygen atoms in total. The van der Waals surface area contributed by atoms with Crippen LogP contribution in [-0.4, -0.2) is 29.2 Å². The summed E-state index contributed by atoms with van der Waals surface area (Å²) in [5, 5.41) is 2.78. The predicted molar refractivity (Wildman–Crippen MR) is 111 cm³/mol. The number of benzene rings is 3. The molecule has 0 radical (unpaired) electrons. The molecule has 0 saturated carbocycles. The minimum atomic E-state index is -0.370. The topological polar surface area (TPSA) is 75.7 Å². The molecular weight excluding hydrogens is 399 g/mol. The summed E-state index contributed by atoms with van der Waals surface area (Å²) in [5.41, 5.74) is 1.60. The number of amides is 3. The Bertz CT molecular complexity index is 1090. The molecule has 0 aromatic heterocycles. The molecule has 0 fully saturated rings. The highest BCUT2D eigenvalue weighted by Gasteiger charge is 2.34. The second kappa shape index (κ2) is 8.79. The van der Waals surface area contributed by atoms with E-state index in [4.69, 9.17) is 4.74 Å². The van der Waals surface area contributed by atoms with Gasteiger partial charge in [-0.15, -0.1) is 0 Å². The highest BCUT2D eigenvalue weighted by atomic mass is 19.1. The van der Waals surface area contributed by atoms with E-state index in [2.05, 4.69) is 5.32 Å². The summed E-state index contributed by atoms with van der Waals surface area (Å²) >= 11 is 0. The van der Waals surface area contributed by atoms with Crippen LogP contribution in [0.3, 0.4) is 0 Å². The van der Waals surface area contributed by atoms with Crippen LogP contribution < -0.4 is 10.1 Å². The Morgan fingerprint density at radius 3 is 1.97 bits per heavy atom. The van der Waals surface area contributed by atoms with E-state index in [0.717, 1.165) is 10.5 Å². The van der Waals surface area contributed by atoms with E-state index < -0.39 is 0 Å². The van der Waals surface area contributed by atoms with Crippen molar-refractivity contribution in [1.82, 2.24) is 10.2 Å². The van der Waals surface area contributed by atoms with Gasteiger partial charge in [-0.3, -0.25) is 19.3 Å². The summed E-state index contributed by atoms with van der Waals surface area (Å²) in [6.07, 6.45) is 0.0250. The van der Waals surface area contributed by atoms with Crippen molar-refractivity contribution in [2.75, 3.05) is 6.54 Å². The van der Waals surface area contributed by atoms with Crippen LogP contribution in [0.25, 0.3) is 0 Å². The molecule has 3 aromatic carbocycles. The number of carbonyl (C=O) groups excluding carboxylic acids is 3. The molecular formula is C24H19FN2O4. The molecule has 0 unspecified atom stereocenters. The Balaban J connectivity index is 1.25. The van der Waals surface area contributed by atoms with Gasteiger partial charge in [0.2, 0.25) is 5.91 Å². The van der Waals surface area contributed by atoms with E-state index in [1.165, 1.54) is 24.3 Å². The molecule has 1 aliphatic rings. The molecule has 3 amide bonds. The monoisotopic (exact) mass is 418 g/mol. The standard InChI is InChI=1S/C24H19FN2O4/c25-17-7-11-19(12-8-17)31-18-9-5-16(6-10-18)15-26-22(28)13-14-27-23(29)20-3-1-2-4-21(20)24(27)30/h1-12H,13-15H2,(H,26,28). The van der Waals surface area contributed by atoms with E-state index in [0.29, 0.717) is 29.2 Å². The molecule has 7 heteroatoms. The van der Waals surface area contributed by atoms with Gasteiger partial charge in [0.15, 0.2) is 0 Å². The number of fused-ring (bicyclic) bond motifs is 1. The van der Waals surface area contributed by atoms with Gasteiger partial charge < -0.3 is 10.1 Å². The molecule has 0 bridgehead atoms. The average molecular weight is 418 g/mol. The highest BCUT2D eigenvalue weighted by molar-refractivity contribution is 6.21. The first-order chi connectivity index (χ1) is 15.0. The maximum atomic E-state index is 12.9. The quantitative estimate of drug-likeness (QED) is 0.590. The highest BCUT2D eigenvalue weighted by Crippen LogP contribution is 2.23. The summed E-state index contributed by atoms with van der Waals surface area (Å²) < 4.78 is 18.6. The van der Waals surface area contributed by atoms with E-state index >= 15 is 0 Å². The van der Waals surface area contributed by atoms with Gasteiger partial charge >= 0.3 is 0 Å². The van der Waals surface area contributed by atoms with Crippen LogP contribution in [0, 0.1) is 5.82 Å². The molecule has 31 heavy (non-hydrogen) atoms. The first-order valence-electron chi connectivity index (χ1n) is 9.75. The number of hydrogen-bond acceptors (Lipinski definition) is 4. The van der Waals surface area contributed by atoms with Gasteiger partial charge in [-0.25, -0.2) is 4.39 Å². The summed E-state index contributed by atoms with van der Waals surface area (Å²) in [5.74, 6) is -0.220. The van der Waals surface area contributed by atoms with Crippen molar-refractivity contribution in [1.29, 1.82) is 0 Å². The number of carbonyl (C=O) groups is 3. The molecule has 4 rings (SSSR count). The zero-order valence-corrected chi connectivity index (χ0v) is 16.5. The fraction of sp³-hybridized carbons (Fsp3) is 0.125. The SMILES string of the molecule is O=C(CCN1C(=O)c2ccccc2C1=O)NCc1ccc(Oc2ccc(F)cc2)cc1. The van der Waals surface area contributed by atoms with Gasteiger partial charge in [0.1, 0.15) is 17.3 Å². The molecule has 1 heterocycles. The molecule has 0 saturated heterocycles. The summed E-state index contributed by atoms with van der Waals surface area (Å²) in [4.78, 5) is 37.9. The third kappa shape index (κ3) is 4.61. The molecule has 0 atom stereocenters. The van der Waals surface area contributed by atoms with Crippen LogP contribution in [0.4, 0.5) is 4.39 Å². The first kappa shape index (κ1) is 20.3. The van der Waals surface area contributed by atoms with Crippen LogP contribution in [0.5, 0.6) is 11.5 Å². The lowest BCUT2D eigenvalue weighted by atomic mass is 10.1. The van der Waals surface area contributed by atoms with Gasteiger partial charge in [-0.2, -0.15) is 0 Å². The Morgan fingerprint density at radius 2 is 1.39 bits per heavy atom. The average Bonchev–Trinajstić information content (AvgIpc) is 3.03. The normalized spacial score (nSPS) is 12.6. The lowest BCUT2D eigenvalue weighted by Gasteiger charge is -2.13. The fourth-order valence-electron chi connectivity index (χ4n) is 3.26. The van der Waals surface area contributed by atoms with Crippen LogP contribution in [0.15, 0.2) is 72.8 Å². The van der Waals surface area contributed by atoms with Gasteiger partial charge in [0, 0.05) is 19.5 Å². The number of nitrogens with zero attached hydrogens (tertiary/aromatic N) is 1. The lowest BCUT2D eigenvalue weighted by molar-refractivity contribution is -0.121. The number of halogens is 1. The third-order valence-corrected chi connectivity index (χ3v) is 4.90. The minimum absolute atomic E-state index is 0.0250. The van der Waals surface area contributed by atoms with Crippen LogP contribution in [0.1, 0.15) is 32.7 Å². The summed E-state index contributed by atoms with van der Waals surface area (Å²) in [7, 11) is 0. The van der Waals surface area contributed by atoms with Gasteiger partial charge in [-0.05, 0) is 54.1 Å². The zero-order chi connectivity index (χ0) is 21.8. The molecule has 1 N–H and O–H groups in total. The second-order valence-electron chi connectivity index (χ2n) is 7.03. The number of imide groups is 1. The van der Waals surface area contributed by atoms with Crippen molar-refractivity contribution in [2.45, 2.75) is 13.0 Å². The van der Waals surface area contributed by atoms with E-state index in [-0.39, 0.29) is 36.5 Å². The van der Waals surface area contributed by atoms with Gasteiger partial charge in [0.05, 0.1) is 11.1 Å². The molecule has 156 valence electrons.